The molecule has 1 aromatic heterocycles. The second-order valence-corrected chi connectivity index (χ2v) is 5.86. The molecule has 4 nitrogen and oxygen atoms in total. The number of amides is 1. The number of hydrogen-bond donors (Lipinski definition) is 0. The minimum absolute atomic E-state index is 0.0382. The van der Waals surface area contributed by atoms with Crippen molar-refractivity contribution >= 4 is 5.91 Å². The van der Waals surface area contributed by atoms with Gasteiger partial charge in [0.25, 0.3) is 0 Å². The summed E-state index contributed by atoms with van der Waals surface area (Å²) >= 11 is 0. The van der Waals surface area contributed by atoms with Gasteiger partial charge in [-0.2, -0.15) is 13.2 Å². The molecule has 1 aromatic rings. The standard InChI is InChI=1S/C15H23F3N2O2/c1-12(2)6-7-19(3)10-14(21)20(11-15(16,17)18)9-13-5-4-8-22-13/h4-5,8,12H,6-7,9-11H2,1-3H3. The Hall–Kier alpha value is -1.50. The van der Waals surface area contributed by atoms with Gasteiger partial charge in [-0.15, -0.1) is 0 Å². The zero-order valence-corrected chi connectivity index (χ0v) is 13.2. The zero-order chi connectivity index (χ0) is 16.8. The van der Waals surface area contributed by atoms with Crippen molar-refractivity contribution in [3.63, 3.8) is 0 Å². The molecule has 0 atom stereocenters. The molecule has 0 aromatic carbocycles. The fourth-order valence-corrected chi connectivity index (χ4v) is 1.93. The molecule has 1 heterocycles. The number of hydrogen-bond acceptors (Lipinski definition) is 3. The SMILES string of the molecule is CC(C)CCN(C)CC(=O)N(Cc1ccco1)CC(F)(F)F. The normalized spacial score (nSPS) is 12.2. The van der Waals surface area contributed by atoms with Crippen LogP contribution in [0.4, 0.5) is 13.2 Å². The van der Waals surface area contributed by atoms with Crippen LogP contribution >= 0.6 is 0 Å². The summed E-state index contributed by atoms with van der Waals surface area (Å²) in [6, 6.07) is 3.14. The molecular formula is C15H23F3N2O2. The van der Waals surface area contributed by atoms with Gasteiger partial charge in [-0.1, -0.05) is 13.8 Å². The minimum atomic E-state index is -4.43. The van der Waals surface area contributed by atoms with Gasteiger partial charge in [-0.05, 0) is 38.1 Å². The highest BCUT2D eigenvalue weighted by molar-refractivity contribution is 5.78. The van der Waals surface area contributed by atoms with Crippen LogP contribution < -0.4 is 0 Å². The van der Waals surface area contributed by atoms with Crippen LogP contribution in [0.2, 0.25) is 0 Å². The van der Waals surface area contributed by atoms with Gasteiger partial charge in [0.1, 0.15) is 12.3 Å². The topological polar surface area (TPSA) is 36.7 Å². The van der Waals surface area contributed by atoms with Crippen molar-refractivity contribution in [2.24, 2.45) is 5.92 Å². The summed E-state index contributed by atoms with van der Waals surface area (Å²) in [6.07, 6.45) is -2.17. The summed E-state index contributed by atoms with van der Waals surface area (Å²) in [5.74, 6) is 0.259. The van der Waals surface area contributed by atoms with Gasteiger partial charge in [0.05, 0.1) is 19.4 Å². The van der Waals surface area contributed by atoms with E-state index in [1.807, 2.05) is 0 Å². The maximum Gasteiger partial charge on any atom is 0.406 e. The lowest BCUT2D eigenvalue weighted by Crippen LogP contribution is -2.43. The molecule has 0 aliphatic heterocycles. The molecule has 1 rings (SSSR count). The predicted octanol–water partition coefficient (Wildman–Crippen LogP) is 3.15. The van der Waals surface area contributed by atoms with Gasteiger partial charge in [-0.3, -0.25) is 9.69 Å². The minimum Gasteiger partial charge on any atom is -0.467 e. The first-order valence-electron chi connectivity index (χ1n) is 7.23. The molecule has 22 heavy (non-hydrogen) atoms. The van der Waals surface area contributed by atoms with E-state index in [1.54, 1.807) is 24.1 Å². The Morgan fingerprint density at radius 2 is 2.05 bits per heavy atom. The fourth-order valence-electron chi connectivity index (χ4n) is 1.93. The highest BCUT2D eigenvalue weighted by Crippen LogP contribution is 2.18. The lowest BCUT2D eigenvalue weighted by atomic mass is 10.1. The van der Waals surface area contributed by atoms with Crippen molar-refractivity contribution in [2.45, 2.75) is 33.0 Å². The van der Waals surface area contributed by atoms with E-state index in [4.69, 9.17) is 4.42 Å². The van der Waals surface area contributed by atoms with Gasteiger partial charge in [0.2, 0.25) is 5.91 Å². The van der Waals surface area contributed by atoms with Gasteiger partial charge in [0.15, 0.2) is 0 Å². The number of carbonyl (C=O) groups excluding carboxylic acids is 1. The Bertz CT molecular complexity index is 444. The van der Waals surface area contributed by atoms with Crippen molar-refractivity contribution in [3.8, 4) is 0 Å². The van der Waals surface area contributed by atoms with E-state index in [0.717, 1.165) is 11.3 Å². The number of halogens is 3. The van der Waals surface area contributed by atoms with E-state index in [-0.39, 0.29) is 13.1 Å². The number of furan rings is 1. The highest BCUT2D eigenvalue weighted by atomic mass is 19.4. The molecule has 0 bridgehead atoms. The smallest absolute Gasteiger partial charge is 0.406 e. The monoisotopic (exact) mass is 320 g/mol. The predicted molar refractivity (Wildman–Crippen MR) is 77.1 cm³/mol. The lowest BCUT2D eigenvalue weighted by molar-refractivity contribution is -0.163. The van der Waals surface area contributed by atoms with E-state index < -0.39 is 18.6 Å². The third kappa shape index (κ3) is 7.49. The van der Waals surface area contributed by atoms with E-state index in [9.17, 15) is 18.0 Å². The summed E-state index contributed by atoms with van der Waals surface area (Å²) in [7, 11) is 1.74. The van der Waals surface area contributed by atoms with Gasteiger partial charge >= 0.3 is 6.18 Å². The van der Waals surface area contributed by atoms with Crippen molar-refractivity contribution in [3.05, 3.63) is 24.2 Å². The van der Waals surface area contributed by atoms with Crippen LogP contribution in [0.25, 0.3) is 0 Å². The molecular weight excluding hydrogens is 297 g/mol. The van der Waals surface area contributed by atoms with Gasteiger partial charge < -0.3 is 9.32 Å². The van der Waals surface area contributed by atoms with Gasteiger partial charge in [0, 0.05) is 0 Å². The summed E-state index contributed by atoms with van der Waals surface area (Å²) in [4.78, 5) is 14.7. The van der Waals surface area contributed by atoms with Crippen LogP contribution in [-0.4, -0.2) is 48.6 Å². The van der Waals surface area contributed by atoms with E-state index in [0.29, 0.717) is 18.2 Å². The summed E-state index contributed by atoms with van der Waals surface area (Å²) in [5.41, 5.74) is 0. The molecule has 7 heteroatoms. The fraction of sp³-hybridized carbons (Fsp3) is 0.667. The number of rotatable bonds is 8. The maximum absolute atomic E-state index is 12.6. The first kappa shape index (κ1) is 18.5. The second-order valence-electron chi connectivity index (χ2n) is 5.86. The molecule has 0 fully saturated rings. The van der Waals surface area contributed by atoms with E-state index >= 15 is 0 Å². The maximum atomic E-state index is 12.6. The number of alkyl halides is 3. The molecule has 126 valence electrons. The first-order valence-corrected chi connectivity index (χ1v) is 7.23. The van der Waals surface area contributed by atoms with Crippen LogP contribution in [0, 0.1) is 5.92 Å². The Kier molecular flexibility index (Phi) is 6.93. The third-order valence-electron chi connectivity index (χ3n) is 3.14. The van der Waals surface area contributed by atoms with Crippen molar-refractivity contribution < 1.29 is 22.4 Å². The van der Waals surface area contributed by atoms with Crippen molar-refractivity contribution in [1.82, 2.24) is 9.80 Å². The van der Waals surface area contributed by atoms with Crippen LogP contribution in [0.3, 0.4) is 0 Å². The molecule has 0 aliphatic carbocycles. The quantitative estimate of drug-likeness (QED) is 0.738. The van der Waals surface area contributed by atoms with Gasteiger partial charge in [-0.25, -0.2) is 0 Å². The molecule has 0 saturated heterocycles. The zero-order valence-electron chi connectivity index (χ0n) is 13.2. The average molecular weight is 320 g/mol. The van der Waals surface area contributed by atoms with E-state index in [2.05, 4.69) is 13.8 Å². The van der Waals surface area contributed by atoms with Crippen LogP contribution in [0.1, 0.15) is 26.0 Å². The summed E-state index contributed by atoms with van der Waals surface area (Å²) < 4.78 is 43.0. The Balaban J connectivity index is 2.62. The molecule has 0 N–H and O–H groups in total. The van der Waals surface area contributed by atoms with Crippen LogP contribution in [0.5, 0.6) is 0 Å². The highest BCUT2D eigenvalue weighted by Gasteiger charge is 2.33. The van der Waals surface area contributed by atoms with Crippen molar-refractivity contribution in [1.29, 1.82) is 0 Å². The summed E-state index contributed by atoms with van der Waals surface area (Å²) in [5, 5.41) is 0. The van der Waals surface area contributed by atoms with Crippen LogP contribution in [0.15, 0.2) is 22.8 Å². The number of carbonyl (C=O) groups is 1. The molecule has 0 unspecified atom stereocenters. The average Bonchev–Trinajstić information content (AvgIpc) is 2.86. The molecule has 0 aliphatic rings. The van der Waals surface area contributed by atoms with E-state index in [1.165, 1.54) is 6.26 Å². The molecule has 1 amide bonds. The Morgan fingerprint density at radius 1 is 1.36 bits per heavy atom. The second kappa shape index (κ2) is 8.22. The Morgan fingerprint density at radius 3 is 2.55 bits per heavy atom. The molecule has 0 radical (unpaired) electrons. The number of nitrogens with zero attached hydrogens (tertiary/aromatic N) is 2. The number of likely N-dealkylation sites (N-methyl/N-ethyl adjacent to an activating group) is 1. The Labute approximate surface area is 128 Å². The summed E-state index contributed by atoms with van der Waals surface area (Å²) in [6.45, 7) is 3.30. The first-order chi connectivity index (χ1) is 10.2. The molecule has 0 saturated carbocycles. The lowest BCUT2D eigenvalue weighted by Gasteiger charge is -2.26. The van der Waals surface area contributed by atoms with Crippen molar-refractivity contribution in [2.75, 3.05) is 26.7 Å². The largest absolute Gasteiger partial charge is 0.467 e. The van der Waals surface area contributed by atoms with Crippen LogP contribution in [-0.2, 0) is 11.3 Å². The third-order valence-corrected chi connectivity index (χ3v) is 3.14. The molecule has 0 spiro atoms.